The molecule has 4 atom stereocenters. The molecule has 3 heteroatoms. The summed E-state index contributed by atoms with van der Waals surface area (Å²) in [6.45, 7) is 4.59. The van der Waals surface area contributed by atoms with Crippen LogP contribution in [0.25, 0.3) is 0 Å². The molecule has 1 aromatic rings. The third kappa shape index (κ3) is 2.23. The molecule has 1 aliphatic carbocycles. The zero-order valence-electron chi connectivity index (χ0n) is 9.48. The Morgan fingerprint density at radius 2 is 2.20 bits per heavy atom. The fourth-order valence-electron chi connectivity index (χ4n) is 2.54. The maximum absolute atomic E-state index is 10.1. The van der Waals surface area contributed by atoms with E-state index in [1.807, 2.05) is 0 Å². The number of hydrogen-bond donors (Lipinski definition) is 2. The van der Waals surface area contributed by atoms with Gasteiger partial charge in [-0.2, -0.15) is 0 Å². The first-order chi connectivity index (χ1) is 7.18. The lowest BCUT2D eigenvalue weighted by atomic mass is 9.74. The molecule has 2 N–H and O–H groups in total. The van der Waals surface area contributed by atoms with Gasteiger partial charge in [-0.15, -0.1) is 0 Å². The monoisotopic (exact) mass is 208 g/mol. The van der Waals surface area contributed by atoms with E-state index in [0.717, 1.165) is 24.6 Å². The summed E-state index contributed by atoms with van der Waals surface area (Å²) in [4.78, 5) is 7.13. The SMILES string of the molecule is CC1CCC(C(O)c2ncc[nH]2)CC1C. The summed E-state index contributed by atoms with van der Waals surface area (Å²) in [5.74, 6) is 2.61. The van der Waals surface area contributed by atoms with E-state index in [2.05, 4.69) is 23.8 Å². The van der Waals surface area contributed by atoms with Gasteiger partial charge in [0, 0.05) is 12.4 Å². The number of aromatic nitrogens is 2. The predicted molar refractivity (Wildman–Crippen MR) is 59.2 cm³/mol. The van der Waals surface area contributed by atoms with E-state index in [4.69, 9.17) is 0 Å². The molecule has 1 heterocycles. The lowest BCUT2D eigenvalue weighted by Gasteiger charge is -2.33. The molecule has 1 fully saturated rings. The molecule has 84 valence electrons. The van der Waals surface area contributed by atoms with Crippen molar-refractivity contribution in [2.24, 2.45) is 17.8 Å². The number of nitrogens with zero attached hydrogens (tertiary/aromatic N) is 1. The number of aromatic amines is 1. The number of aliphatic hydroxyl groups is 1. The summed E-state index contributed by atoms with van der Waals surface area (Å²) in [6.07, 6.45) is 6.52. The third-order valence-electron chi connectivity index (χ3n) is 3.88. The van der Waals surface area contributed by atoms with Gasteiger partial charge in [-0.3, -0.25) is 0 Å². The molecule has 0 spiro atoms. The first-order valence-corrected chi connectivity index (χ1v) is 5.86. The molecule has 0 radical (unpaired) electrons. The van der Waals surface area contributed by atoms with Crippen LogP contribution >= 0.6 is 0 Å². The highest BCUT2D eigenvalue weighted by molar-refractivity contribution is 4.95. The van der Waals surface area contributed by atoms with E-state index in [-0.39, 0.29) is 0 Å². The molecule has 15 heavy (non-hydrogen) atoms. The van der Waals surface area contributed by atoms with Gasteiger partial charge >= 0.3 is 0 Å². The molecule has 0 aromatic carbocycles. The predicted octanol–water partition coefficient (Wildman–Crippen LogP) is 2.52. The molecule has 0 bridgehead atoms. The van der Waals surface area contributed by atoms with Crippen LogP contribution in [0.15, 0.2) is 12.4 Å². The van der Waals surface area contributed by atoms with Crippen molar-refractivity contribution in [3.8, 4) is 0 Å². The second-order valence-electron chi connectivity index (χ2n) is 4.95. The Hall–Kier alpha value is -0.830. The van der Waals surface area contributed by atoms with Crippen LogP contribution in [-0.4, -0.2) is 15.1 Å². The van der Waals surface area contributed by atoms with Gasteiger partial charge in [0.15, 0.2) is 0 Å². The number of aliphatic hydroxyl groups excluding tert-OH is 1. The molecule has 1 aromatic heterocycles. The minimum atomic E-state index is -0.407. The van der Waals surface area contributed by atoms with E-state index in [1.54, 1.807) is 12.4 Å². The minimum Gasteiger partial charge on any atom is -0.385 e. The molecular weight excluding hydrogens is 188 g/mol. The zero-order valence-corrected chi connectivity index (χ0v) is 9.48. The zero-order chi connectivity index (χ0) is 10.8. The van der Waals surface area contributed by atoms with E-state index in [9.17, 15) is 5.11 Å². The van der Waals surface area contributed by atoms with Crippen molar-refractivity contribution in [1.82, 2.24) is 9.97 Å². The summed E-state index contributed by atoms with van der Waals surface area (Å²) in [5.41, 5.74) is 0. The van der Waals surface area contributed by atoms with Crippen LogP contribution in [-0.2, 0) is 0 Å². The largest absolute Gasteiger partial charge is 0.385 e. The highest BCUT2D eigenvalue weighted by Crippen LogP contribution is 2.38. The van der Waals surface area contributed by atoms with E-state index in [0.29, 0.717) is 11.8 Å². The van der Waals surface area contributed by atoms with Gasteiger partial charge in [0.2, 0.25) is 0 Å². The van der Waals surface area contributed by atoms with Gasteiger partial charge < -0.3 is 10.1 Å². The Morgan fingerprint density at radius 1 is 1.40 bits per heavy atom. The third-order valence-corrected chi connectivity index (χ3v) is 3.88. The van der Waals surface area contributed by atoms with Crippen molar-refractivity contribution >= 4 is 0 Å². The molecule has 0 aliphatic heterocycles. The standard InChI is InChI=1S/C12H20N2O/c1-8-3-4-10(7-9(8)2)11(15)12-13-5-6-14-12/h5-6,8-11,15H,3-4,7H2,1-2H3,(H,13,14). The topological polar surface area (TPSA) is 48.9 Å². The number of H-pyrrole nitrogens is 1. The van der Waals surface area contributed by atoms with Crippen molar-refractivity contribution in [3.05, 3.63) is 18.2 Å². The molecule has 2 rings (SSSR count). The van der Waals surface area contributed by atoms with Crippen LogP contribution < -0.4 is 0 Å². The number of rotatable bonds is 2. The Morgan fingerprint density at radius 3 is 2.80 bits per heavy atom. The molecule has 0 saturated heterocycles. The normalized spacial score (nSPS) is 33.9. The van der Waals surface area contributed by atoms with Crippen LogP contribution in [0.1, 0.15) is 45.0 Å². The maximum atomic E-state index is 10.1. The van der Waals surface area contributed by atoms with Crippen molar-refractivity contribution < 1.29 is 5.11 Å². The van der Waals surface area contributed by atoms with Gasteiger partial charge in [0.05, 0.1) is 0 Å². The molecule has 4 unspecified atom stereocenters. The summed E-state index contributed by atoms with van der Waals surface area (Å²) >= 11 is 0. The number of imidazole rings is 1. The fraction of sp³-hybridized carbons (Fsp3) is 0.750. The average Bonchev–Trinajstić information content (AvgIpc) is 2.74. The first kappa shape index (κ1) is 10.7. The van der Waals surface area contributed by atoms with Crippen molar-refractivity contribution in [1.29, 1.82) is 0 Å². The summed E-state index contributed by atoms with van der Waals surface area (Å²) in [6, 6.07) is 0. The van der Waals surface area contributed by atoms with Crippen LogP contribution in [0, 0.1) is 17.8 Å². The lowest BCUT2D eigenvalue weighted by Crippen LogP contribution is -2.25. The lowest BCUT2D eigenvalue weighted by molar-refractivity contribution is 0.0505. The molecule has 1 aliphatic rings. The Labute approximate surface area is 90.9 Å². The summed E-state index contributed by atoms with van der Waals surface area (Å²) in [7, 11) is 0. The molecule has 3 nitrogen and oxygen atoms in total. The summed E-state index contributed by atoms with van der Waals surface area (Å²) < 4.78 is 0. The number of nitrogens with one attached hydrogen (secondary N) is 1. The molecule has 1 saturated carbocycles. The summed E-state index contributed by atoms with van der Waals surface area (Å²) in [5, 5.41) is 10.1. The second kappa shape index (κ2) is 4.35. The highest BCUT2D eigenvalue weighted by Gasteiger charge is 2.30. The van der Waals surface area contributed by atoms with Crippen LogP contribution in [0.2, 0.25) is 0 Å². The van der Waals surface area contributed by atoms with Crippen molar-refractivity contribution in [2.75, 3.05) is 0 Å². The van der Waals surface area contributed by atoms with Gasteiger partial charge in [-0.25, -0.2) is 4.98 Å². The van der Waals surface area contributed by atoms with E-state index < -0.39 is 6.10 Å². The number of hydrogen-bond acceptors (Lipinski definition) is 2. The van der Waals surface area contributed by atoms with Crippen LogP contribution in [0.4, 0.5) is 0 Å². The van der Waals surface area contributed by atoms with E-state index in [1.165, 1.54) is 6.42 Å². The van der Waals surface area contributed by atoms with Crippen LogP contribution in [0.5, 0.6) is 0 Å². The first-order valence-electron chi connectivity index (χ1n) is 5.86. The maximum Gasteiger partial charge on any atom is 0.135 e. The average molecular weight is 208 g/mol. The molecular formula is C12H20N2O. The van der Waals surface area contributed by atoms with E-state index >= 15 is 0 Å². The Bertz CT molecular complexity index is 297. The van der Waals surface area contributed by atoms with Crippen LogP contribution in [0.3, 0.4) is 0 Å². The smallest absolute Gasteiger partial charge is 0.135 e. The minimum absolute atomic E-state index is 0.377. The van der Waals surface area contributed by atoms with Gasteiger partial charge in [0.25, 0.3) is 0 Å². The Kier molecular flexibility index (Phi) is 3.10. The van der Waals surface area contributed by atoms with Crippen molar-refractivity contribution in [3.63, 3.8) is 0 Å². The van der Waals surface area contributed by atoms with Gasteiger partial charge in [-0.1, -0.05) is 20.3 Å². The fourth-order valence-corrected chi connectivity index (χ4v) is 2.54. The van der Waals surface area contributed by atoms with Gasteiger partial charge in [-0.05, 0) is 30.6 Å². The second-order valence-corrected chi connectivity index (χ2v) is 4.95. The Balaban J connectivity index is 2.00. The highest BCUT2D eigenvalue weighted by atomic mass is 16.3. The van der Waals surface area contributed by atoms with Crippen molar-refractivity contribution in [2.45, 2.75) is 39.2 Å². The van der Waals surface area contributed by atoms with Gasteiger partial charge in [0.1, 0.15) is 11.9 Å². The molecule has 0 amide bonds. The quantitative estimate of drug-likeness (QED) is 0.784.